The second-order valence-electron chi connectivity index (χ2n) is 4.40. The summed E-state index contributed by atoms with van der Waals surface area (Å²) in [5.74, 6) is 2.22. The van der Waals surface area contributed by atoms with Crippen molar-refractivity contribution < 1.29 is 4.74 Å². The molecule has 0 aliphatic rings. The van der Waals surface area contributed by atoms with Crippen molar-refractivity contribution in [2.24, 2.45) is 0 Å². The first kappa shape index (κ1) is 14.1. The summed E-state index contributed by atoms with van der Waals surface area (Å²) in [4.78, 5) is 10.0. The van der Waals surface area contributed by atoms with E-state index < -0.39 is 0 Å². The number of ether oxygens (including phenoxy) is 1. The van der Waals surface area contributed by atoms with Crippen LogP contribution in [0, 0.1) is 0 Å². The first-order chi connectivity index (χ1) is 10.3. The van der Waals surface area contributed by atoms with Gasteiger partial charge in [-0.15, -0.1) is 11.3 Å². The number of nitrogens with zero attached hydrogens (tertiary/aromatic N) is 2. The maximum atomic E-state index is 5.94. The molecule has 0 aliphatic heterocycles. The quantitative estimate of drug-likeness (QED) is 0.759. The van der Waals surface area contributed by atoms with E-state index >= 15 is 0 Å². The monoisotopic (exact) mass is 319 g/mol. The van der Waals surface area contributed by atoms with Crippen molar-refractivity contribution in [2.45, 2.75) is 13.5 Å². The van der Waals surface area contributed by atoms with Crippen LogP contribution in [0.25, 0.3) is 10.2 Å². The molecular weight excluding hydrogens is 306 g/mol. The van der Waals surface area contributed by atoms with E-state index in [0.29, 0.717) is 23.2 Å². The molecule has 0 fully saturated rings. The molecule has 0 saturated carbocycles. The lowest BCUT2D eigenvalue weighted by molar-refractivity contribution is 0.296. The Labute approximate surface area is 131 Å². The van der Waals surface area contributed by atoms with Crippen molar-refractivity contribution in [1.29, 1.82) is 0 Å². The van der Waals surface area contributed by atoms with Gasteiger partial charge in [-0.2, -0.15) is 0 Å². The van der Waals surface area contributed by atoms with Crippen LogP contribution in [0.1, 0.15) is 12.7 Å². The Bertz CT molecular complexity index is 760. The number of benzene rings is 1. The van der Waals surface area contributed by atoms with Gasteiger partial charge in [-0.25, -0.2) is 9.97 Å². The van der Waals surface area contributed by atoms with Gasteiger partial charge >= 0.3 is 0 Å². The van der Waals surface area contributed by atoms with Crippen molar-refractivity contribution in [3.05, 3.63) is 46.6 Å². The largest absolute Gasteiger partial charge is 0.486 e. The molecule has 0 atom stereocenters. The number of halogens is 1. The van der Waals surface area contributed by atoms with Gasteiger partial charge in [0.15, 0.2) is 5.82 Å². The summed E-state index contributed by atoms with van der Waals surface area (Å²) in [5, 5.41) is 6.98. The summed E-state index contributed by atoms with van der Waals surface area (Å²) in [7, 11) is 0. The predicted octanol–water partition coefficient (Wildman–Crippen LogP) is 4.36. The Balaban J connectivity index is 1.83. The van der Waals surface area contributed by atoms with Gasteiger partial charge in [0.2, 0.25) is 0 Å². The predicted molar refractivity (Wildman–Crippen MR) is 87.4 cm³/mol. The van der Waals surface area contributed by atoms with Crippen LogP contribution in [0.2, 0.25) is 5.02 Å². The topological polar surface area (TPSA) is 47.0 Å². The van der Waals surface area contributed by atoms with E-state index in [-0.39, 0.29) is 0 Å². The molecule has 21 heavy (non-hydrogen) atoms. The van der Waals surface area contributed by atoms with Crippen molar-refractivity contribution in [3.8, 4) is 5.75 Å². The summed E-state index contributed by atoms with van der Waals surface area (Å²) in [5.41, 5.74) is 0. The van der Waals surface area contributed by atoms with Gasteiger partial charge < -0.3 is 10.1 Å². The number of hydrogen-bond acceptors (Lipinski definition) is 5. The van der Waals surface area contributed by atoms with E-state index in [9.17, 15) is 0 Å². The molecule has 0 spiro atoms. The van der Waals surface area contributed by atoms with Crippen LogP contribution in [0.5, 0.6) is 5.75 Å². The highest BCUT2D eigenvalue weighted by Gasteiger charge is 2.09. The highest BCUT2D eigenvalue weighted by Crippen LogP contribution is 2.25. The molecule has 108 valence electrons. The van der Waals surface area contributed by atoms with E-state index in [1.165, 1.54) is 0 Å². The third-order valence-corrected chi connectivity index (χ3v) is 3.92. The molecule has 0 bridgehead atoms. The molecular formula is C15H14ClN3OS. The number of hydrogen-bond donors (Lipinski definition) is 1. The third kappa shape index (κ3) is 3.25. The standard InChI is InChI=1S/C15H14ClN3OS/c1-2-17-14-12-6-7-21-15(12)19-13(18-14)9-20-11-5-3-4-10(16)8-11/h3-8H,2,9H2,1H3,(H,17,18,19). The molecule has 0 amide bonds. The van der Waals surface area contributed by atoms with Crippen molar-refractivity contribution >= 4 is 39.0 Å². The van der Waals surface area contributed by atoms with Gasteiger partial charge in [-0.1, -0.05) is 17.7 Å². The van der Waals surface area contributed by atoms with Gasteiger partial charge in [0.25, 0.3) is 0 Å². The van der Waals surface area contributed by atoms with E-state index in [4.69, 9.17) is 16.3 Å². The molecule has 3 aromatic rings. The molecule has 2 aromatic heterocycles. The van der Waals surface area contributed by atoms with Gasteiger partial charge in [-0.05, 0) is 36.6 Å². The smallest absolute Gasteiger partial charge is 0.169 e. The first-order valence-corrected chi connectivity index (χ1v) is 7.88. The van der Waals surface area contributed by atoms with Crippen molar-refractivity contribution in [2.75, 3.05) is 11.9 Å². The number of nitrogens with one attached hydrogen (secondary N) is 1. The number of anilines is 1. The zero-order valence-electron chi connectivity index (χ0n) is 11.5. The second kappa shape index (κ2) is 6.28. The third-order valence-electron chi connectivity index (χ3n) is 2.88. The summed E-state index contributed by atoms with van der Waals surface area (Å²) in [6.07, 6.45) is 0. The Morgan fingerprint density at radius 2 is 2.19 bits per heavy atom. The van der Waals surface area contributed by atoms with E-state index in [1.807, 2.05) is 36.6 Å². The summed E-state index contributed by atoms with van der Waals surface area (Å²) in [6.45, 7) is 3.17. The lowest BCUT2D eigenvalue weighted by Crippen LogP contribution is -2.06. The van der Waals surface area contributed by atoms with E-state index in [1.54, 1.807) is 17.4 Å². The normalized spacial score (nSPS) is 10.8. The van der Waals surface area contributed by atoms with E-state index in [0.717, 1.165) is 22.6 Å². The maximum Gasteiger partial charge on any atom is 0.169 e. The molecule has 2 heterocycles. The lowest BCUT2D eigenvalue weighted by Gasteiger charge is -2.08. The molecule has 4 nitrogen and oxygen atoms in total. The van der Waals surface area contributed by atoms with Crippen LogP contribution in [0.3, 0.4) is 0 Å². The molecule has 6 heteroatoms. The number of fused-ring (bicyclic) bond motifs is 1. The minimum absolute atomic E-state index is 0.312. The van der Waals surface area contributed by atoms with Crippen LogP contribution in [-0.2, 0) is 6.61 Å². The van der Waals surface area contributed by atoms with Gasteiger partial charge in [0.05, 0.1) is 5.39 Å². The SMILES string of the molecule is CCNc1nc(COc2cccc(Cl)c2)nc2sccc12. The minimum atomic E-state index is 0.312. The first-order valence-electron chi connectivity index (χ1n) is 6.62. The fourth-order valence-corrected chi connectivity index (χ4v) is 2.93. The minimum Gasteiger partial charge on any atom is -0.486 e. The van der Waals surface area contributed by atoms with Crippen molar-refractivity contribution in [3.63, 3.8) is 0 Å². The molecule has 0 unspecified atom stereocenters. The molecule has 0 aliphatic carbocycles. The van der Waals surface area contributed by atoms with Crippen LogP contribution in [0.4, 0.5) is 5.82 Å². The molecule has 1 N–H and O–H groups in total. The number of thiophene rings is 1. The fraction of sp³-hybridized carbons (Fsp3) is 0.200. The van der Waals surface area contributed by atoms with Crippen LogP contribution in [0.15, 0.2) is 35.7 Å². The van der Waals surface area contributed by atoms with Crippen LogP contribution >= 0.6 is 22.9 Å². The molecule has 0 radical (unpaired) electrons. The maximum absolute atomic E-state index is 5.94. The summed E-state index contributed by atoms with van der Waals surface area (Å²) >= 11 is 7.53. The molecule has 3 rings (SSSR count). The lowest BCUT2D eigenvalue weighted by atomic mass is 10.3. The fourth-order valence-electron chi connectivity index (χ4n) is 1.97. The molecule has 0 saturated heterocycles. The van der Waals surface area contributed by atoms with Gasteiger partial charge in [-0.3, -0.25) is 0 Å². The highest BCUT2D eigenvalue weighted by atomic mass is 35.5. The Morgan fingerprint density at radius 3 is 3.00 bits per heavy atom. The van der Waals surface area contributed by atoms with Gasteiger partial charge in [0, 0.05) is 11.6 Å². The summed E-state index contributed by atoms with van der Waals surface area (Å²) in [6, 6.07) is 9.33. The highest BCUT2D eigenvalue weighted by molar-refractivity contribution is 7.16. The number of aromatic nitrogens is 2. The summed E-state index contributed by atoms with van der Waals surface area (Å²) < 4.78 is 5.70. The van der Waals surface area contributed by atoms with Crippen molar-refractivity contribution in [1.82, 2.24) is 9.97 Å². The Kier molecular flexibility index (Phi) is 4.22. The average Bonchev–Trinajstić information content (AvgIpc) is 2.94. The van der Waals surface area contributed by atoms with Crippen LogP contribution < -0.4 is 10.1 Å². The van der Waals surface area contributed by atoms with E-state index in [2.05, 4.69) is 15.3 Å². The van der Waals surface area contributed by atoms with Crippen LogP contribution in [-0.4, -0.2) is 16.5 Å². The Hall–Kier alpha value is -1.85. The second-order valence-corrected chi connectivity index (χ2v) is 5.74. The number of rotatable bonds is 5. The zero-order valence-corrected chi connectivity index (χ0v) is 13.0. The molecule has 1 aromatic carbocycles. The zero-order chi connectivity index (χ0) is 14.7. The Morgan fingerprint density at radius 1 is 1.29 bits per heavy atom. The van der Waals surface area contributed by atoms with Gasteiger partial charge in [0.1, 0.15) is 23.0 Å². The average molecular weight is 320 g/mol.